The van der Waals surface area contributed by atoms with Crippen LogP contribution in [0.1, 0.15) is 10.4 Å². The molecule has 1 rings (SSSR count). The Hall–Kier alpha value is -1.63. The summed E-state index contributed by atoms with van der Waals surface area (Å²) in [6, 6.07) is 3.76. The number of methoxy groups -OCH3 is 1. The largest absolute Gasteiger partial charge is 0.465 e. The Kier molecular flexibility index (Phi) is 3.62. The predicted octanol–water partition coefficient (Wildman–Crippen LogP) is 2.07. The third-order valence-corrected chi connectivity index (χ3v) is 2.01. The number of carbonyl (C=O) groups excluding carboxylic acids is 1. The van der Waals surface area contributed by atoms with Gasteiger partial charge in [0.15, 0.2) is 16.3 Å². The summed E-state index contributed by atoms with van der Waals surface area (Å²) in [7, 11) is 1.20. The first-order valence-electron chi connectivity index (χ1n) is 3.75. The third-order valence-electron chi connectivity index (χ3n) is 1.66. The second-order valence-corrected chi connectivity index (χ2v) is 2.83. The number of benzene rings is 1. The van der Waals surface area contributed by atoms with Crippen LogP contribution in [-0.4, -0.2) is 18.0 Å². The van der Waals surface area contributed by atoms with Gasteiger partial charge in [-0.05, 0) is 12.1 Å². The molecule has 0 radical (unpaired) electrons. The molecule has 0 amide bonds. The maximum atomic E-state index is 11.1. The molecule has 80 valence electrons. The second-order valence-electron chi connectivity index (χ2n) is 2.51. The lowest BCUT2D eigenvalue weighted by Crippen LogP contribution is -2.02. The summed E-state index contributed by atoms with van der Waals surface area (Å²) in [5, 5.41) is 10.6. The Bertz CT molecular complexity index is 406. The molecule has 1 aromatic carbocycles. The molecule has 0 bridgehead atoms. The zero-order valence-corrected chi connectivity index (χ0v) is 9.18. The average Bonchev–Trinajstić information content (AvgIpc) is 2.27. The first-order chi connectivity index (χ1) is 7.10. The van der Waals surface area contributed by atoms with Crippen LogP contribution in [0.15, 0.2) is 18.2 Å². The normalized spacial score (nSPS) is 9.47. The van der Waals surface area contributed by atoms with Crippen LogP contribution < -0.4 is 3.83 Å². The van der Waals surface area contributed by atoms with Gasteiger partial charge in [-0.2, -0.15) is 0 Å². The number of rotatable bonds is 3. The molecule has 0 spiro atoms. The number of halogens is 1. The van der Waals surface area contributed by atoms with Crippen LogP contribution in [0.4, 0.5) is 5.69 Å². The zero-order chi connectivity index (χ0) is 11.4. The number of hydrogen-bond acceptors (Lipinski definition) is 5. The van der Waals surface area contributed by atoms with Crippen LogP contribution >= 0.6 is 16.3 Å². The number of nitrogens with zero attached hydrogens (tertiary/aromatic N) is 1. The lowest BCUT2D eigenvalue weighted by Gasteiger charge is -2.01. The smallest absolute Gasteiger partial charge is 0.338 e. The molecule has 0 aliphatic rings. The van der Waals surface area contributed by atoms with E-state index in [9.17, 15) is 14.9 Å². The van der Waals surface area contributed by atoms with E-state index in [-0.39, 0.29) is 17.0 Å². The van der Waals surface area contributed by atoms with Crippen LogP contribution in [0, 0.1) is 10.1 Å². The summed E-state index contributed by atoms with van der Waals surface area (Å²) in [5.74, 6) is -0.619. The van der Waals surface area contributed by atoms with Gasteiger partial charge in [-0.25, -0.2) is 4.79 Å². The van der Waals surface area contributed by atoms with E-state index in [1.807, 2.05) is 0 Å². The van der Waals surface area contributed by atoms with Gasteiger partial charge in [0.05, 0.1) is 17.6 Å². The average molecular weight is 276 g/mol. The van der Waals surface area contributed by atoms with Gasteiger partial charge in [0.25, 0.3) is 0 Å². The highest BCUT2D eigenvalue weighted by molar-refractivity contribution is 9.06. The minimum Gasteiger partial charge on any atom is -0.465 e. The van der Waals surface area contributed by atoms with Crippen molar-refractivity contribution in [2.24, 2.45) is 0 Å². The first kappa shape index (κ1) is 11.4. The minimum absolute atomic E-state index is 0.0210. The monoisotopic (exact) mass is 275 g/mol. The molecule has 0 N–H and O–H groups in total. The number of ether oxygens (including phenoxy) is 1. The Morgan fingerprint density at radius 2 is 2.20 bits per heavy atom. The lowest BCUT2D eigenvalue weighted by atomic mass is 10.2. The Balaban J connectivity index is 3.22. The van der Waals surface area contributed by atoms with E-state index in [2.05, 4.69) is 24.8 Å². The summed E-state index contributed by atoms with van der Waals surface area (Å²) in [6.45, 7) is 0. The molecule has 15 heavy (non-hydrogen) atoms. The quantitative estimate of drug-likeness (QED) is 0.479. The van der Waals surface area contributed by atoms with Crippen molar-refractivity contribution in [3.05, 3.63) is 33.9 Å². The molecule has 0 heterocycles. The van der Waals surface area contributed by atoms with Crippen molar-refractivity contribution in [2.45, 2.75) is 0 Å². The fourth-order valence-corrected chi connectivity index (χ4v) is 1.24. The molecule has 6 nitrogen and oxygen atoms in total. The fourth-order valence-electron chi connectivity index (χ4n) is 0.970. The summed E-state index contributed by atoms with van der Waals surface area (Å²) < 4.78 is 9.02. The first-order valence-corrected chi connectivity index (χ1v) is 4.40. The number of nitro benzene ring substituents is 1. The number of carbonyl (C=O) groups is 1. The highest BCUT2D eigenvalue weighted by Crippen LogP contribution is 2.29. The number of esters is 1. The van der Waals surface area contributed by atoms with Crippen molar-refractivity contribution in [3.8, 4) is 5.75 Å². The highest BCUT2D eigenvalue weighted by atomic mass is 79.9. The van der Waals surface area contributed by atoms with Crippen LogP contribution in [0.25, 0.3) is 0 Å². The van der Waals surface area contributed by atoms with Gasteiger partial charge in [-0.1, -0.05) is 0 Å². The third kappa shape index (κ3) is 2.44. The maximum Gasteiger partial charge on any atom is 0.338 e. The van der Waals surface area contributed by atoms with E-state index in [0.29, 0.717) is 0 Å². The van der Waals surface area contributed by atoms with Crippen LogP contribution in [-0.2, 0) is 4.74 Å². The van der Waals surface area contributed by atoms with Crippen molar-refractivity contribution in [1.82, 2.24) is 0 Å². The van der Waals surface area contributed by atoms with E-state index in [0.717, 1.165) is 6.07 Å². The molecule has 0 aliphatic heterocycles. The summed E-state index contributed by atoms with van der Waals surface area (Å²) in [4.78, 5) is 21.0. The van der Waals surface area contributed by atoms with E-state index in [1.54, 1.807) is 0 Å². The molecular formula is C8H6BrNO5. The number of nitro groups is 1. The Morgan fingerprint density at radius 1 is 1.53 bits per heavy atom. The molecule has 0 aromatic heterocycles. The molecule has 7 heteroatoms. The topological polar surface area (TPSA) is 78.7 Å². The summed E-state index contributed by atoms with van der Waals surface area (Å²) in [5.41, 5.74) is -0.215. The zero-order valence-electron chi connectivity index (χ0n) is 7.60. The molecule has 0 fully saturated rings. The summed E-state index contributed by atoms with van der Waals surface area (Å²) in [6.07, 6.45) is 0. The van der Waals surface area contributed by atoms with Crippen LogP contribution in [0.5, 0.6) is 5.75 Å². The van der Waals surface area contributed by atoms with Gasteiger partial charge in [0.2, 0.25) is 5.75 Å². The Morgan fingerprint density at radius 3 is 2.67 bits per heavy atom. The molecule has 0 unspecified atom stereocenters. The van der Waals surface area contributed by atoms with E-state index >= 15 is 0 Å². The fraction of sp³-hybridized carbons (Fsp3) is 0.125. The summed E-state index contributed by atoms with van der Waals surface area (Å²) >= 11 is 2.63. The maximum absolute atomic E-state index is 11.1. The molecule has 0 saturated carbocycles. The van der Waals surface area contributed by atoms with Gasteiger partial charge >= 0.3 is 11.7 Å². The highest BCUT2D eigenvalue weighted by Gasteiger charge is 2.18. The predicted molar refractivity (Wildman–Crippen MR) is 54.0 cm³/mol. The van der Waals surface area contributed by atoms with Crippen LogP contribution in [0.2, 0.25) is 0 Å². The van der Waals surface area contributed by atoms with Gasteiger partial charge < -0.3 is 8.57 Å². The van der Waals surface area contributed by atoms with E-state index in [1.165, 1.54) is 19.2 Å². The van der Waals surface area contributed by atoms with Gasteiger partial charge in [-0.15, -0.1) is 0 Å². The van der Waals surface area contributed by atoms with Crippen molar-refractivity contribution in [2.75, 3.05) is 7.11 Å². The molecule has 1 aromatic rings. The standard InChI is InChI=1S/C8H6BrNO5/c1-14-8(11)5-2-3-7(15-9)6(4-5)10(12)13/h2-4H,1H3. The minimum atomic E-state index is -0.650. The van der Waals surface area contributed by atoms with Gasteiger partial charge in [-0.3, -0.25) is 10.1 Å². The van der Waals surface area contributed by atoms with Crippen molar-refractivity contribution < 1.29 is 18.3 Å². The van der Waals surface area contributed by atoms with Crippen molar-refractivity contribution >= 4 is 27.9 Å². The SMILES string of the molecule is COC(=O)c1ccc(OBr)c([N+](=O)[O-])c1. The van der Waals surface area contributed by atoms with Crippen LogP contribution in [0.3, 0.4) is 0 Å². The van der Waals surface area contributed by atoms with Gasteiger partial charge in [0, 0.05) is 6.07 Å². The Labute approximate surface area is 93.4 Å². The molecule has 0 saturated heterocycles. The molecule has 0 aliphatic carbocycles. The molecular weight excluding hydrogens is 270 g/mol. The molecule has 0 atom stereocenters. The number of hydrogen-bond donors (Lipinski definition) is 0. The van der Waals surface area contributed by atoms with Gasteiger partial charge in [0.1, 0.15) is 0 Å². The second kappa shape index (κ2) is 4.74. The van der Waals surface area contributed by atoms with Crippen molar-refractivity contribution in [1.29, 1.82) is 0 Å². The van der Waals surface area contributed by atoms with E-state index < -0.39 is 10.9 Å². The van der Waals surface area contributed by atoms with Crippen molar-refractivity contribution in [3.63, 3.8) is 0 Å². The lowest BCUT2D eigenvalue weighted by molar-refractivity contribution is -0.385. The van der Waals surface area contributed by atoms with E-state index in [4.69, 9.17) is 0 Å².